The van der Waals surface area contributed by atoms with E-state index in [1.807, 2.05) is 17.6 Å². The monoisotopic (exact) mass is 358 g/mol. The molecule has 0 spiro atoms. The van der Waals surface area contributed by atoms with Crippen molar-refractivity contribution in [2.24, 2.45) is 10.9 Å². The topological polar surface area (TPSA) is 43.7 Å². The van der Waals surface area contributed by atoms with E-state index in [1.165, 1.54) is 0 Å². The summed E-state index contributed by atoms with van der Waals surface area (Å²) in [5, 5.41) is 3.02. The van der Waals surface area contributed by atoms with Gasteiger partial charge >= 0.3 is 0 Å². The molecular weight excluding hydrogens is 332 g/mol. The summed E-state index contributed by atoms with van der Waals surface area (Å²) < 4.78 is 11.7. The van der Waals surface area contributed by atoms with Crippen LogP contribution in [0.15, 0.2) is 28.7 Å². The number of ether oxygens (including phenoxy) is 2. The zero-order valence-electron chi connectivity index (χ0n) is 15.4. The van der Waals surface area contributed by atoms with E-state index in [0.29, 0.717) is 12.5 Å². The highest BCUT2D eigenvalue weighted by Gasteiger charge is 2.21. The van der Waals surface area contributed by atoms with Gasteiger partial charge in [0.2, 0.25) is 0 Å². The molecule has 1 aliphatic heterocycles. The fourth-order valence-corrected chi connectivity index (χ4v) is 3.59. The molecule has 1 aromatic heterocycles. The molecular formula is C20H26N2O2S. The highest BCUT2D eigenvalue weighted by atomic mass is 32.1. The Morgan fingerprint density at radius 2 is 2.32 bits per heavy atom. The molecule has 4 nitrogen and oxygen atoms in total. The number of rotatable bonds is 6. The van der Waals surface area contributed by atoms with Crippen molar-refractivity contribution in [1.29, 1.82) is 0 Å². The minimum absolute atomic E-state index is 0.114. The predicted octanol–water partition coefficient (Wildman–Crippen LogP) is 5.42. The Kier molecular flexibility index (Phi) is 5.86. The maximum Gasteiger partial charge on any atom is 0.145 e. The van der Waals surface area contributed by atoms with Gasteiger partial charge in [0, 0.05) is 29.3 Å². The molecule has 0 aliphatic carbocycles. The molecule has 25 heavy (non-hydrogen) atoms. The third-order valence-electron chi connectivity index (χ3n) is 4.85. The van der Waals surface area contributed by atoms with Gasteiger partial charge in [-0.25, -0.2) is 4.98 Å². The SMILES string of the molecule is CCC(C)/C(C)=N\c1c(OC2CCOC2)ccc(-c2nccs2)c1C. The van der Waals surface area contributed by atoms with Crippen LogP contribution in [-0.2, 0) is 4.74 Å². The van der Waals surface area contributed by atoms with E-state index in [4.69, 9.17) is 14.5 Å². The highest BCUT2D eigenvalue weighted by Crippen LogP contribution is 2.40. The van der Waals surface area contributed by atoms with Crippen molar-refractivity contribution < 1.29 is 9.47 Å². The first-order chi connectivity index (χ1) is 12.1. The summed E-state index contributed by atoms with van der Waals surface area (Å²) in [5.74, 6) is 1.29. The molecule has 0 bridgehead atoms. The van der Waals surface area contributed by atoms with Crippen LogP contribution in [0.5, 0.6) is 5.75 Å². The smallest absolute Gasteiger partial charge is 0.145 e. The molecule has 1 fully saturated rings. The summed E-state index contributed by atoms with van der Waals surface area (Å²) >= 11 is 1.65. The Morgan fingerprint density at radius 3 is 2.96 bits per heavy atom. The Morgan fingerprint density at radius 1 is 1.48 bits per heavy atom. The predicted molar refractivity (Wildman–Crippen MR) is 104 cm³/mol. The van der Waals surface area contributed by atoms with Crippen LogP contribution < -0.4 is 4.74 Å². The standard InChI is InChI=1S/C20H26N2O2S/c1-5-13(2)15(4)22-19-14(3)17(20-21-9-11-25-20)6-7-18(19)24-16-8-10-23-12-16/h6-7,9,11,13,16H,5,8,10,12H2,1-4H3/b22-15-. The summed E-state index contributed by atoms with van der Waals surface area (Å²) in [5.41, 5.74) is 4.31. The van der Waals surface area contributed by atoms with Gasteiger partial charge in [-0.05, 0) is 43.9 Å². The third kappa shape index (κ3) is 4.10. The minimum Gasteiger partial charge on any atom is -0.486 e. The lowest BCUT2D eigenvalue weighted by Crippen LogP contribution is -2.16. The van der Waals surface area contributed by atoms with Crippen molar-refractivity contribution in [1.82, 2.24) is 4.98 Å². The number of hydrogen-bond acceptors (Lipinski definition) is 5. The van der Waals surface area contributed by atoms with Crippen molar-refractivity contribution in [2.75, 3.05) is 13.2 Å². The van der Waals surface area contributed by atoms with E-state index in [2.05, 4.69) is 38.7 Å². The molecule has 1 aliphatic rings. The van der Waals surface area contributed by atoms with E-state index in [9.17, 15) is 0 Å². The quantitative estimate of drug-likeness (QED) is 0.647. The van der Waals surface area contributed by atoms with Gasteiger partial charge in [-0.15, -0.1) is 11.3 Å². The van der Waals surface area contributed by atoms with Gasteiger partial charge in [0.15, 0.2) is 0 Å². The van der Waals surface area contributed by atoms with Gasteiger partial charge in [-0.2, -0.15) is 0 Å². The normalized spacial score (nSPS) is 19.2. The Bertz CT molecular complexity index is 734. The van der Waals surface area contributed by atoms with E-state index in [-0.39, 0.29) is 6.10 Å². The number of aromatic nitrogens is 1. The van der Waals surface area contributed by atoms with Crippen LogP contribution in [0.4, 0.5) is 5.69 Å². The molecule has 1 aromatic carbocycles. The fourth-order valence-electron chi connectivity index (χ4n) is 2.86. The second kappa shape index (κ2) is 8.11. The molecule has 0 N–H and O–H groups in total. The second-order valence-electron chi connectivity index (χ2n) is 6.59. The van der Waals surface area contributed by atoms with Gasteiger partial charge in [-0.3, -0.25) is 4.99 Å². The Labute approximate surface area is 153 Å². The van der Waals surface area contributed by atoms with Crippen molar-refractivity contribution in [3.63, 3.8) is 0 Å². The molecule has 0 saturated carbocycles. The number of nitrogens with zero attached hydrogens (tertiary/aromatic N) is 2. The van der Waals surface area contributed by atoms with Crippen LogP contribution in [0.2, 0.25) is 0 Å². The summed E-state index contributed by atoms with van der Waals surface area (Å²) in [6.45, 7) is 10.0. The van der Waals surface area contributed by atoms with Gasteiger partial charge in [-0.1, -0.05) is 13.8 Å². The van der Waals surface area contributed by atoms with E-state index < -0.39 is 0 Å². The average molecular weight is 359 g/mol. The average Bonchev–Trinajstić information content (AvgIpc) is 3.31. The van der Waals surface area contributed by atoms with E-state index in [1.54, 1.807) is 11.3 Å². The molecule has 2 heterocycles. The van der Waals surface area contributed by atoms with E-state index >= 15 is 0 Å². The number of benzene rings is 1. The first kappa shape index (κ1) is 18.1. The maximum absolute atomic E-state index is 6.22. The lowest BCUT2D eigenvalue weighted by molar-refractivity contribution is 0.141. The lowest BCUT2D eigenvalue weighted by atomic mass is 10.0. The molecule has 134 valence electrons. The van der Waals surface area contributed by atoms with Gasteiger partial charge in [0.25, 0.3) is 0 Å². The molecule has 3 rings (SSSR count). The van der Waals surface area contributed by atoms with Crippen molar-refractivity contribution >= 4 is 22.7 Å². The Balaban J connectivity index is 2.03. The molecule has 0 amide bonds. The maximum atomic E-state index is 6.22. The van der Waals surface area contributed by atoms with Crippen LogP contribution in [0.1, 0.15) is 39.2 Å². The summed E-state index contributed by atoms with van der Waals surface area (Å²) in [6, 6.07) is 4.13. The second-order valence-corrected chi connectivity index (χ2v) is 7.48. The number of hydrogen-bond donors (Lipinski definition) is 0. The summed E-state index contributed by atoms with van der Waals surface area (Å²) in [7, 11) is 0. The van der Waals surface area contributed by atoms with Crippen LogP contribution >= 0.6 is 11.3 Å². The van der Waals surface area contributed by atoms with Crippen LogP contribution in [0.3, 0.4) is 0 Å². The van der Waals surface area contributed by atoms with Crippen molar-refractivity contribution in [2.45, 2.75) is 46.6 Å². The van der Waals surface area contributed by atoms with Gasteiger partial charge in [0.1, 0.15) is 22.5 Å². The number of aliphatic imine (C=N–C) groups is 1. The van der Waals surface area contributed by atoms with Crippen molar-refractivity contribution in [3.05, 3.63) is 29.3 Å². The largest absolute Gasteiger partial charge is 0.486 e. The molecule has 1 saturated heterocycles. The zero-order valence-corrected chi connectivity index (χ0v) is 16.2. The third-order valence-corrected chi connectivity index (χ3v) is 5.66. The molecule has 5 heteroatoms. The van der Waals surface area contributed by atoms with Crippen molar-refractivity contribution in [3.8, 4) is 16.3 Å². The molecule has 2 unspecified atom stereocenters. The number of thiazole rings is 1. The molecule has 2 atom stereocenters. The molecule has 0 radical (unpaired) electrons. The first-order valence-electron chi connectivity index (χ1n) is 8.93. The zero-order chi connectivity index (χ0) is 17.8. The van der Waals surface area contributed by atoms with Gasteiger partial charge < -0.3 is 9.47 Å². The first-order valence-corrected chi connectivity index (χ1v) is 9.81. The minimum atomic E-state index is 0.114. The fraction of sp³-hybridized carbons (Fsp3) is 0.500. The van der Waals surface area contributed by atoms with Gasteiger partial charge in [0.05, 0.1) is 13.2 Å². The summed E-state index contributed by atoms with van der Waals surface area (Å²) in [4.78, 5) is 9.43. The molecule has 2 aromatic rings. The highest BCUT2D eigenvalue weighted by molar-refractivity contribution is 7.13. The van der Waals surface area contributed by atoms with Crippen LogP contribution in [-0.4, -0.2) is 30.0 Å². The van der Waals surface area contributed by atoms with Crippen LogP contribution in [0, 0.1) is 12.8 Å². The van der Waals surface area contributed by atoms with E-state index in [0.717, 1.165) is 52.7 Å². The summed E-state index contributed by atoms with van der Waals surface area (Å²) in [6.07, 6.45) is 3.96. The Hall–Kier alpha value is -1.72. The van der Waals surface area contributed by atoms with Crippen LogP contribution in [0.25, 0.3) is 10.6 Å². The lowest BCUT2D eigenvalue weighted by Gasteiger charge is -2.18.